The van der Waals surface area contributed by atoms with Crippen LogP contribution in [0.25, 0.3) is 0 Å². The summed E-state index contributed by atoms with van der Waals surface area (Å²) in [6.07, 6.45) is -2.37. The molecule has 0 saturated carbocycles. The maximum atomic E-state index is 12.2. The van der Waals surface area contributed by atoms with Crippen LogP contribution in [0.4, 0.5) is 5.82 Å². The zero-order valence-corrected chi connectivity index (χ0v) is 15.8. The number of methoxy groups -OCH3 is 1. The molecule has 1 aliphatic heterocycles. The standard InChI is InChI=1S/C14H21N4O7P/c1-8(19)15-10-5-6-18(14(21)16-10)13-12(23-4)11(20)9(25-13)7-24-26(22)17(2)3/h5-6,9,11-13,20H,7H2,1-4H3/p+1/t9-,11?,12?,13-/m1/s1. The molecule has 0 radical (unpaired) electrons. The molecule has 11 nitrogen and oxygen atoms in total. The van der Waals surface area contributed by atoms with Crippen molar-refractivity contribution in [1.29, 1.82) is 0 Å². The topological polar surface area (TPSA) is 132 Å². The third kappa shape index (κ3) is 4.70. The maximum absolute atomic E-state index is 12.2. The normalized spacial score (nSPS) is 26.2. The van der Waals surface area contributed by atoms with E-state index in [4.69, 9.17) is 14.0 Å². The molecule has 2 heterocycles. The Morgan fingerprint density at radius 2 is 2.23 bits per heavy atom. The molecule has 12 heteroatoms. The minimum atomic E-state index is -2.05. The second-order valence-electron chi connectivity index (χ2n) is 5.82. The largest absolute Gasteiger partial charge is 0.615 e. The minimum Gasteiger partial charge on any atom is -0.387 e. The van der Waals surface area contributed by atoms with E-state index in [1.165, 1.54) is 31.0 Å². The number of aromatic nitrogens is 2. The van der Waals surface area contributed by atoms with Gasteiger partial charge in [0.15, 0.2) is 6.23 Å². The van der Waals surface area contributed by atoms with Gasteiger partial charge >= 0.3 is 13.9 Å². The molecule has 0 aromatic carbocycles. The Bertz CT molecular complexity index is 725. The predicted molar refractivity (Wildman–Crippen MR) is 90.8 cm³/mol. The lowest BCUT2D eigenvalue weighted by Gasteiger charge is -2.20. The first-order chi connectivity index (χ1) is 12.2. The van der Waals surface area contributed by atoms with Crippen molar-refractivity contribution in [3.63, 3.8) is 0 Å². The van der Waals surface area contributed by atoms with E-state index < -0.39 is 38.4 Å². The Kier molecular flexibility index (Phi) is 6.93. The van der Waals surface area contributed by atoms with E-state index in [-0.39, 0.29) is 18.3 Å². The first kappa shape index (κ1) is 20.6. The van der Waals surface area contributed by atoms with E-state index in [0.717, 1.165) is 4.57 Å². The van der Waals surface area contributed by atoms with Crippen LogP contribution in [0.5, 0.6) is 0 Å². The summed E-state index contributed by atoms with van der Waals surface area (Å²) in [5.74, 6) is -0.252. The number of hydrogen-bond acceptors (Lipinski definition) is 8. The van der Waals surface area contributed by atoms with Crippen LogP contribution < -0.4 is 11.0 Å². The van der Waals surface area contributed by atoms with Crippen LogP contribution in [0.15, 0.2) is 17.1 Å². The maximum Gasteiger partial charge on any atom is 0.615 e. The number of rotatable bonds is 7. The highest BCUT2D eigenvalue weighted by Gasteiger charge is 2.46. The van der Waals surface area contributed by atoms with Gasteiger partial charge in [-0.15, -0.1) is 4.52 Å². The molecule has 1 fully saturated rings. The molecule has 3 unspecified atom stereocenters. The molecule has 1 aromatic heterocycles. The molecule has 0 bridgehead atoms. The van der Waals surface area contributed by atoms with E-state index in [2.05, 4.69) is 10.3 Å². The van der Waals surface area contributed by atoms with E-state index >= 15 is 0 Å². The van der Waals surface area contributed by atoms with Crippen molar-refractivity contribution in [2.24, 2.45) is 0 Å². The number of nitrogens with one attached hydrogen (secondary N) is 1. The molecule has 1 aliphatic rings. The summed E-state index contributed by atoms with van der Waals surface area (Å²) in [4.78, 5) is 27.0. The zero-order chi connectivity index (χ0) is 19.4. The van der Waals surface area contributed by atoms with Crippen LogP contribution in [0.3, 0.4) is 0 Å². The first-order valence-corrected chi connectivity index (χ1v) is 8.88. The SMILES string of the molecule is COC1C(O)[C@@H](CO[P+](=O)N(C)C)O[C@H]1n1ccc(NC(C)=O)nc1=O. The lowest BCUT2D eigenvalue weighted by Crippen LogP contribution is -2.37. The summed E-state index contributed by atoms with van der Waals surface area (Å²) in [6.45, 7) is 1.16. The van der Waals surface area contributed by atoms with E-state index in [1.807, 2.05) is 0 Å². The quantitative estimate of drug-likeness (QED) is 0.604. The Balaban J connectivity index is 2.16. The summed E-state index contributed by atoms with van der Waals surface area (Å²) in [6, 6.07) is 1.43. The van der Waals surface area contributed by atoms with Gasteiger partial charge in [-0.05, 0) is 10.6 Å². The molecular formula is C14H22N4O7P+. The number of nitrogens with zero attached hydrogens (tertiary/aromatic N) is 3. The second-order valence-corrected chi connectivity index (χ2v) is 7.35. The van der Waals surface area contributed by atoms with Crippen molar-refractivity contribution in [2.45, 2.75) is 31.5 Å². The van der Waals surface area contributed by atoms with Gasteiger partial charge in [0.2, 0.25) is 5.91 Å². The molecule has 1 amide bonds. The van der Waals surface area contributed by atoms with E-state index in [1.54, 1.807) is 14.1 Å². The number of carbonyl (C=O) groups is 1. The fourth-order valence-corrected chi connectivity index (χ4v) is 2.95. The summed E-state index contributed by atoms with van der Waals surface area (Å²) < 4.78 is 30.3. The van der Waals surface area contributed by atoms with Crippen molar-refractivity contribution in [3.05, 3.63) is 22.7 Å². The molecule has 0 aliphatic carbocycles. The molecule has 2 N–H and O–H groups in total. The highest BCUT2D eigenvalue weighted by atomic mass is 31.1. The van der Waals surface area contributed by atoms with Crippen molar-refractivity contribution in [1.82, 2.24) is 14.2 Å². The number of ether oxygens (including phenoxy) is 2. The Labute approximate surface area is 150 Å². The van der Waals surface area contributed by atoms with Crippen molar-refractivity contribution in [2.75, 3.05) is 33.1 Å². The number of carbonyl (C=O) groups excluding carboxylic acids is 1. The number of hydrogen-bond donors (Lipinski definition) is 2. The zero-order valence-electron chi connectivity index (χ0n) is 14.9. The fourth-order valence-electron chi connectivity index (χ4n) is 2.44. The Morgan fingerprint density at radius 1 is 1.54 bits per heavy atom. The average molecular weight is 389 g/mol. The van der Waals surface area contributed by atoms with Gasteiger partial charge in [0.1, 0.15) is 30.7 Å². The van der Waals surface area contributed by atoms with Crippen LogP contribution in [0.2, 0.25) is 0 Å². The summed E-state index contributed by atoms with van der Waals surface area (Å²) in [5.41, 5.74) is -0.684. The van der Waals surface area contributed by atoms with Crippen LogP contribution in [-0.4, -0.2) is 71.4 Å². The molecule has 144 valence electrons. The Hall–Kier alpha value is -1.75. The molecule has 0 spiro atoms. The van der Waals surface area contributed by atoms with Crippen LogP contribution >= 0.6 is 8.18 Å². The number of aliphatic hydroxyl groups excluding tert-OH is 1. The lowest BCUT2D eigenvalue weighted by atomic mass is 10.1. The molecule has 26 heavy (non-hydrogen) atoms. The van der Waals surface area contributed by atoms with Gasteiger partial charge < -0.3 is 19.9 Å². The van der Waals surface area contributed by atoms with Crippen molar-refractivity contribution in [3.8, 4) is 0 Å². The smallest absolute Gasteiger partial charge is 0.387 e. The van der Waals surface area contributed by atoms with Gasteiger partial charge in [0.25, 0.3) is 0 Å². The van der Waals surface area contributed by atoms with Gasteiger partial charge in [0, 0.05) is 34.3 Å². The highest BCUT2D eigenvalue weighted by molar-refractivity contribution is 7.36. The Morgan fingerprint density at radius 3 is 2.77 bits per heavy atom. The fraction of sp³-hybridized carbons (Fsp3) is 0.643. The van der Waals surface area contributed by atoms with Crippen LogP contribution in [0, 0.1) is 0 Å². The lowest BCUT2D eigenvalue weighted by molar-refractivity contribution is -0.114. The first-order valence-electron chi connectivity index (χ1n) is 7.75. The summed E-state index contributed by atoms with van der Waals surface area (Å²) in [7, 11) is 2.50. The van der Waals surface area contributed by atoms with Crippen LogP contribution in [-0.2, 0) is 23.4 Å². The molecule has 2 rings (SSSR count). The monoisotopic (exact) mass is 389 g/mol. The van der Waals surface area contributed by atoms with Gasteiger partial charge in [0.05, 0.1) is 0 Å². The van der Waals surface area contributed by atoms with Gasteiger partial charge in [-0.3, -0.25) is 9.36 Å². The second kappa shape index (κ2) is 8.76. The molecule has 5 atom stereocenters. The molecule has 1 aromatic rings. The van der Waals surface area contributed by atoms with Crippen molar-refractivity contribution < 1.29 is 28.5 Å². The van der Waals surface area contributed by atoms with Crippen LogP contribution in [0.1, 0.15) is 13.2 Å². The third-order valence-electron chi connectivity index (χ3n) is 3.67. The predicted octanol–water partition coefficient (Wildman–Crippen LogP) is -0.289. The minimum absolute atomic E-state index is 0.106. The van der Waals surface area contributed by atoms with E-state index in [9.17, 15) is 19.3 Å². The highest BCUT2D eigenvalue weighted by Crippen LogP contribution is 2.33. The number of amides is 1. The van der Waals surface area contributed by atoms with E-state index in [0.29, 0.717) is 0 Å². The summed E-state index contributed by atoms with van der Waals surface area (Å²) in [5, 5.41) is 12.8. The number of aliphatic hydroxyl groups is 1. The van der Waals surface area contributed by atoms with Gasteiger partial charge in [-0.25, -0.2) is 4.79 Å². The number of anilines is 1. The molecular weight excluding hydrogens is 367 g/mol. The molecule has 1 saturated heterocycles. The summed E-state index contributed by atoms with van der Waals surface area (Å²) >= 11 is 0. The average Bonchev–Trinajstić information content (AvgIpc) is 2.87. The third-order valence-corrected chi connectivity index (χ3v) is 4.69. The van der Waals surface area contributed by atoms with Gasteiger partial charge in [-0.2, -0.15) is 4.98 Å². The van der Waals surface area contributed by atoms with Crippen molar-refractivity contribution >= 4 is 19.9 Å². The van der Waals surface area contributed by atoms with Gasteiger partial charge in [-0.1, -0.05) is 4.67 Å².